The van der Waals surface area contributed by atoms with E-state index < -0.39 is 0 Å². The van der Waals surface area contributed by atoms with E-state index in [4.69, 9.17) is 9.73 Å². The normalized spacial score (nSPS) is 16.8. The average Bonchev–Trinajstić information content (AvgIpc) is 3.13. The molecule has 0 aliphatic carbocycles. The van der Waals surface area contributed by atoms with Gasteiger partial charge in [0.2, 0.25) is 0 Å². The van der Waals surface area contributed by atoms with Crippen molar-refractivity contribution < 1.29 is 4.74 Å². The highest BCUT2D eigenvalue weighted by Gasteiger charge is 2.22. The van der Waals surface area contributed by atoms with Gasteiger partial charge in [-0.3, -0.25) is 4.90 Å². The summed E-state index contributed by atoms with van der Waals surface area (Å²) in [5.74, 6) is 0.834. The molecule has 2 N–H and O–H groups in total. The van der Waals surface area contributed by atoms with E-state index in [1.54, 1.807) is 11.3 Å². The van der Waals surface area contributed by atoms with Gasteiger partial charge in [-0.25, -0.2) is 9.98 Å². The van der Waals surface area contributed by atoms with Gasteiger partial charge in [0.15, 0.2) is 5.96 Å². The Balaban J connectivity index is 1.69. The van der Waals surface area contributed by atoms with Gasteiger partial charge in [-0.2, -0.15) is 0 Å². The molecule has 6 nitrogen and oxygen atoms in total. The van der Waals surface area contributed by atoms with Crippen LogP contribution in [0.2, 0.25) is 0 Å². The van der Waals surface area contributed by atoms with E-state index in [0.717, 1.165) is 50.4 Å². The molecule has 1 atom stereocenters. The Morgan fingerprint density at radius 3 is 2.61 bits per heavy atom. The van der Waals surface area contributed by atoms with Gasteiger partial charge >= 0.3 is 0 Å². The number of hydrogen-bond donors (Lipinski definition) is 2. The van der Waals surface area contributed by atoms with Crippen LogP contribution in [-0.2, 0) is 11.3 Å². The maximum Gasteiger partial charge on any atom is 0.191 e. The number of rotatable bonds is 7. The Morgan fingerprint density at radius 2 is 1.96 bits per heavy atom. The summed E-state index contributed by atoms with van der Waals surface area (Å²) >= 11 is 1.70. The highest BCUT2D eigenvalue weighted by atomic mass is 32.1. The molecule has 1 aromatic carbocycles. The van der Waals surface area contributed by atoms with Gasteiger partial charge in [0, 0.05) is 37.3 Å². The standard InChI is InChI=1S/C21H31N5OS/c1-4-22-21(25-15-20-23-13-17(3)28-20)24-14-19(26-9-11-27-12-10-26)18-7-5-16(2)6-8-18/h5-8,13,19H,4,9-12,14-15H2,1-3H3,(H2,22,24,25). The zero-order chi connectivity index (χ0) is 19.8. The van der Waals surface area contributed by atoms with Gasteiger partial charge in [-0.1, -0.05) is 29.8 Å². The minimum absolute atomic E-state index is 0.287. The molecule has 152 valence electrons. The van der Waals surface area contributed by atoms with Crippen LogP contribution in [0, 0.1) is 13.8 Å². The van der Waals surface area contributed by atoms with E-state index in [1.165, 1.54) is 16.0 Å². The van der Waals surface area contributed by atoms with E-state index in [0.29, 0.717) is 6.54 Å². The van der Waals surface area contributed by atoms with Crippen molar-refractivity contribution in [2.75, 3.05) is 39.4 Å². The number of hydrogen-bond acceptors (Lipinski definition) is 5. The molecule has 1 fully saturated rings. The molecule has 3 rings (SSSR count). The number of ether oxygens (including phenoxy) is 1. The van der Waals surface area contributed by atoms with E-state index >= 15 is 0 Å². The maximum absolute atomic E-state index is 5.55. The molecule has 1 aromatic heterocycles. The first-order valence-electron chi connectivity index (χ1n) is 9.97. The average molecular weight is 402 g/mol. The highest BCUT2D eigenvalue weighted by Crippen LogP contribution is 2.22. The number of aryl methyl sites for hydroxylation is 2. The molecule has 0 radical (unpaired) electrons. The lowest BCUT2D eigenvalue weighted by Gasteiger charge is -2.35. The van der Waals surface area contributed by atoms with Crippen molar-refractivity contribution in [3.05, 3.63) is 51.5 Å². The second-order valence-electron chi connectivity index (χ2n) is 7.02. The third-order valence-electron chi connectivity index (χ3n) is 4.80. The number of guanidine groups is 1. The minimum Gasteiger partial charge on any atom is -0.379 e. The SMILES string of the molecule is CCNC(=NCc1ncc(C)s1)NCC(c1ccc(C)cc1)N1CCOCC1. The molecular formula is C21H31N5OS. The Morgan fingerprint density at radius 1 is 1.21 bits per heavy atom. The van der Waals surface area contributed by atoms with Crippen molar-refractivity contribution in [1.82, 2.24) is 20.5 Å². The summed E-state index contributed by atoms with van der Waals surface area (Å²) in [6.45, 7) is 12.0. The van der Waals surface area contributed by atoms with Gasteiger partial charge in [0.25, 0.3) is 0 Å². The van der Waals surface area contributed by atoms with E-state index in [2.05, 4.69) is 65.6 Å². The molecule has 1 saturated heterocycles. The lowest BCUT2D eigenvalue weighted by molar-refractivity contribution is 0.0170. The fraction of sp³-hybridized carbons (Fsp3) is 0.524. The van der Waals surface area contributed by atoms with E-state index in [1.807, 2.05) is 6.20 Å². The number of aliphatic imine (C=N–C) groups is 1. The van der Waals surface area contributed by atoms with Crippen LogP contribution < -0.4 is 10.6 Å². The van der Waals surface area contributed by atoms with Crippen LogP contribution in [0.25, 0.3) is 0 Å². The summed E-state index contributed by atoms with van der Waals surface area (Å²) in [6.07, 6.45) is 1.90. The second-order valence-corrected chi connectivity index (χ2v) is 8.33. The lowest BCUT2D eigenvalue weighted by Crippen LogP contribution is -2.46. The zero-order valence-electron chi connectivity index (χ0n) is 17.1. The predicted molar refractivity (Wildman–Crippen MR) is 116 cm³/mol. The smallest absolute Gasteiger partial charge is 0.191 e. The van der Waals surface area contributed by atoms with Crippen LogP contribution in [0.4, 0.5) is 0 Å². The highest BCUT2D eigenvalue weighted by molar-refractivity contribution is 7.11. The minimum atomic E-state index is 0.287. The van der Waals surface area contributed by atoms with Gasteiger partial charge in [-0.15, -0.1) is 11.3 Å². The predicted octanol–water partition coefficient (Wildman–Crippen LogP) is 2.89. The van der Waals surface area contributed by atoms with Gasteiger partial charge in [-0.05, 0) is 26.3 Å². The van der Waals surface area contributed by atoms with Crippen molar-refractivity contribution in [3.63, 3.8) is 0 Å². The van der Waals surface area contributed by atoms with Crippen molar-refractivity contribution in [1.29, 1.82) is 0 Å². The fourth-order valence-electron chi connectivity index (χ4n) is 3.29. The molecule has 0 bridgehead atoms. The first kappa shape index (κ1) is 20.8. The summed E-state index contributed by atoms with van der Waals surface area (Å²) in [6, 6.07) is 9.13. The number of nitrogens with zero attached hydrogens (tertiary/aromatic N) is 3. The van der Waals surface area contributed by atoms with Gasteiger partial charge in [0.1, 0.15) is 5.01 Å². The quantitative estimate of drug-likeness (QED) is 0.552. The molecule has 0 saturated carbocycles. The molecule has 0 amide bonds. The van der Waals surface area contributed by atoms with Gasteiger partial charge < -0.3 is 15.4 Å². The van der Waals surface area contributed by atoms with Gasteiger partial charge in [0.05, 0.1) is 25.8 Å². The number of benzene rings is 1. The summed E-state index contributed by atoms with van der Waals surface area (Å²) in [5, 5.41) is 7.93. The van der Waals surface area contributed by atoms with Crippen molar-refractivity contribution in [3.8, 4) is 0 Å². The van der Waals surface area contributed by atoms with Crippen LogP contribution in [-0.4, -0.2) is 55.2 Å². The van der Waals surface area contributed by atoms with Crippen LogP contribution in [0.5, 0.6) is 0 Å². The largest absolute Gasteiger partial charge is 0.379 e. The van der Waals surface area contributed by atoms with Crippen LogP contribution in [0.3, 0.4) is 0 Å². The molecule has 0 spiro atoms. The zero-order valence-corrected chi connectivity index (χ0v) is 17.9. The summed E-state index contributed by atoms with van der Waals surface area (Å²) in [5.41, 5.74) is 2.61. The third kappa shape index (κ3) is 6.02. The topological polar surface area (TPSA) is 61.8 Å². The molecule has 1 unspecified atom stereocenters. The molecule has 7 heteroatoms. The Labute approximate surface area is 172 Å². The fourth-order valence-corrected chi connectivity index (χ4v) is 4.00. The van der Waals surface area contributed by atoms with E-state index in [9.17, 15) is 0 Å². The Bertz CT molecular complexity index is 752. The number of morpholine rings is 1. The summed E-state index contributed by atoms with van der Waals surface area (Å²) < 4.78 is 5.55. The lowest BCUT2D eigenvalue weighted by atomic mass is 10.0. The molecular weight excluding hydrogens is 370 g/mol. The summed E-state index contributed by atoms with van der Waals surface area (Å²) in [4.78, 5) is 12.8. The Kier molecular flexibility index (Phi) is 7.82. The molecule has 28 heavy (non-hydrogen) atoms. The van der Waals surface area contributed by atoms with Crippen molar-refractivity contribution >= 4 is 17.3 Å². The number of nitrogens with one attached hydrogen (secondary N) is 2. The second kappa shape index (κ2) is 10.5. The van der Waals surface area contributed by atoms with Crippen LogP contribution in [0.15, 0.2) is 35.5 Å². The summed E-state index contributed by atoms with van der Waals surface area (Å²) in [7, 11) is 0. The molecule has 1 aliphatic rings. The molecule has 2 heterocycles. The number of thiazole rings is 1. The van der Waals surface area contributed by atoms with E-state index in [-0.39, 0.29) is 6.04 Å². The maximum atomic E-state index is 5.55. The molecule has 1 aliphatic heterocycles. The monoisotopic (exact) mass is 401 g/mol. The van der Waals surface area contributed by atoms with Crippen molar-refractivity contribution in [2.45, 2.75) is 33.4 Å². The van der Waals surface area contributed by atoms with Crippen LogP contribution >= 0.6 is 11.3 Å². The number of aromatic nitrogens is 1. The molecule has 2 aromatic rings. The third-order valence-corrected chi connectivity index (χ3v) is 5.69. The Hall–Kier alpha value is -1.96. The first-order valence-corrected chi connectivity index (χ1v) is 10.8. The van der Waals surface area contributed by atoms with Crippen molar-refractivity contribution in [2.24, 2.45) is 4.99 Å². The first-order chi connectivity index (χ1) is 13.7. The van der Waals surface area contributed by atoms with Crippen LogP contribution in [0.1, 0.15) is 34.0 Å².